The zero-order valence-corrected chi connectivity index (χ0v) is 12.1. The van der Waals surface area contributed by atoms with Gasteiger partial charge in [-0.15, -0.1) is 12.4 Å². The average Bonchev–Trinajstić information content (AvgIpc) is 2.28. The van der Waals surface area contributed by atoms with Gasteiger partial charge in [0.25, 0.3) is 0 Å². The summed E-state index contributed by atoms with van der Waals surface area (Å²) in [6.45, 7) is 0.786. The van der Waals surface area contributed by atoms with E-state index < -0.39 is 5.91 Å². The first-order chi connectivity index (χ1) is 8.54. The highest BCUT2D eigenvalue weighted by molar-refractivity contribution is 6.34. The van der Waals surface area contributed by atoms with E-state index in [-0.39, 0.29) is 28.9 Å². The molecule has 1 aromatic rings. The predicted octanol–water partition coefficient (Wildman–Crippen LogP) is 1.80. The maximum atomic E-state index is 11.5. The zero-order chi connectivity index (χ0) is 13.5. The van der Waals surface area contributed by atoms with Crippen LogP contribution in [0, 0.1) is 0 Å². The molecule has 0 bridgehead atoms. The molecular weight excluding hydrogens is 289 g/mol. The molecule has 0 radical (unpaired) electrons. The van der Waals surface area contributed by atoms with E-state index in [1.54, 1.807) is 6.07 Å². The van der Waals surface area contributed by atoms with Gasteiger partial charge in [-0.25, -0.2) is 0 Å². The van der Waals surface area contributed by atoms with Crippen LogP contribution in [0.2, 0.25) is 5.02 Å². The number of hydrogen-bond acceptors (Lipinski definition) is 3. The minimum Gasteiger partial charge on any atom is -0.366 e. The zero-order valence-electron chi connectivity index (χ0n) is 10.5. The molecule has 0 saturated heterocycles. The van der Waals surface area contributed by atoms with Crippen molar-refractivity contribution in [3.05, 3.63) is 28.8 Å². The highest BCUT2D eigenvalue weighted by atomic mass is 35.5. The molecular formula is C12H17Cl2N3O2. The van der Waals surface area contributed by atoms with Crippen LogP contribution in [0.1, 0.15) is 23.2 Å². The molecule has 0 aromatic heterocycles. The van der Waals surface area contributed by atoms with Crippen LogP contribution in [0.5, 0.6) is 0 Å². The van der Waals surface area contributed by atoms with Crippen molar-refractivity contribution >= 4 is 41.5 Å². The molecule has 19 heavy (non-hydrogen) atoms. The normalized spacial score (nSPS) is 9.58. The van der Waals surface area contributed by atoms with Crippen LogP contribution in [-0.4, -0.2) is 25.4 Å². The summed E-state index contributed by atoms with van der Waals surface area (Å²) in [5, 5.41) is 5.90. The Bertz CT molecular complexity index is 453. The van der Waals surface area contributed by atoms with Crippen LogP contribution in [0.15, 0.2) is 18.2 Å². The van der Waals surface area contributed by atoms with E-state index in [9.17, 15) is 9.59 Å². The standard InChI is InChI=1S/C12H16ClN3O2.ClH/c1-15-6-2-3-11(17)16-8-4-5-9(12(14)18)10(13)7-8;/h4-5,7,15H,2-3,6H2,1H3,(H2,14,18)(H,16,17);1H. The molecule has 0 saturated carbocycles. The Morgan fingerprint density at radius 1 is 1.37 bits per heavy atom. The molecule has 0 heterocycles. The van der Waals surface area contributed by atoms with Gasteiger partial charge in [0.05, 0.1) is 10.6 Å². The fourth-order valence-corrected chi connectivity index (χ4v) is 1.72. The maximum absolute atomic E-state index is 11.5. The summed E-state index contributed by atoms with van der Waals surface area (Å²) < 4.78 is 0. The van der Waals surface area contributed by atoms with Gasteiger partial charge in [0, 0.05) is 12.1 Å². The Kier molecular flexibility index (Phi) is 8.14. The van der Waals surface area contributed by atoms with Gasteiger partial charge in [0.1, 0.15) is 0 Å². The quantitative estimate of drug-likeness (QED) is 0.701. The van der Waals surface area contributed by atoms with Crippen LogP contribution < -0.4 is 16.4 Å². The number of amides is 2. The van der Waals surface area contributed by atoms with E-state index in [0.717, 1.165) is 13.0 Å². The molecule has 0 fully saturated rings. The largest absolute Gasteiger partial charge is 0.366 e. The Balaban J connectivity index is 0.00000324. The van der Waals surface area contributed by atoms with Gasteiger partial charge in [0.2, 0.25) is 11.8 Å². The summed E-state index contributed by atoms with van der Waals surface area (Å²) in [5.41, 5.74) is 5.92. The van der Waals surface area contributed by atoms with Gasteiger partial charge in [-0.05, 0) is 38.2 Å². The van der Waals surface area contributed by atoms with E-state index in [4.69, 9.17) is 17.3 Å². The Labute approximate surface area is 123 Å². The predicted molar refractivity (Wildman–Crippen MR) is 79.0 cm³/mol. The number of nitrogens with one attached hydrogen (secondary N) is 2. The van der Waals surface area contributed by atoms with Gasteiger partial charge < -0.3 is 16.4 Å². The number of rotatable bonds is 6. The number of benzene rings is 1. The third kappa shape index (κ3) is 5.92. The number of hydrogen-bond donors (Lipinski definition) is 3. The maximum Gasteiger partial charge on any atom is 0.250 e. The fourth-order valence-electron chi connectivity index (χ4n) is 1.44. The third-order valence-electron chi connectivity index (χ3n) is 2.35. The lowest BCUT2D eigenvalue weighted by atomic mass is 10.2. The van der Waals surface area contributed by atoms with Crippen molar-refractivity contribution in [1.29, 1.82) is 0 Å². The van der Waals surface area contributed by atoms with Crippen molar-refractivity contribution in [1.82, 2.24) is 5.32 Å². The topological polar surface area (TPSA) is 84.2 Å². The number of nitrogens with two attached hydrogens (primary N) is 1. The molecule has 0 atom stereocenters. The molecule has 4 N–H and O–H groups in total. The van der Waals surface area contributed by atoms with Crippen LogP contribution in [-0.2, 0) is 4.79 Å². The summed E-state index contributed by atoms with van der Waals surface area (Å²) >= 11 is 5.87. The number of anilines is 1. The first-order valence-corrected chi connectivity index (χ1v) is 5.96. The second-order valence-electron chi connectivity index (χ2n) is 3.81. The van der Waals surface area contributed by atoms with E-state index in [2.05, 4.69) is 10.6 Å². The average molecular weight is 306 g/mol. The van der Waals surface area contributed by atoms with Crippen LogP contribution in [0.25, 0.3) is 0 Å². The summed E-state index contributed by atoms with van der Waals surface area (Å²) in [6, 6.07) is 4.60. The van der Waals surface area contributed by atoms with Gasteiger partial charge in [0.15, 0.2) is 0 Å². The minimum atomic E-state index is -0.591. The molecule has 106 valence electrons. The van der Waals surface area contributed by atoms with Crippen molar-refractivity contribution in [3.8, 4) is 0 Å². The van der Waals surface area contributed by atoms with Crippen molar-refractivity contribution < 1.29 is 9.59 Å². The molecule has 5 nitrogen and oxygen atoms in total. The minimum absolute atomic E-state index is 0. The summed E-state index contributed by atoms with van der Waals surface area (Å²) in [7, 11) is 1.83. The lowest BCUT2D eigenvalue weighted by Gasteiger charge is -2.07. The monoisotopic (exact) mass is 305 g/mol. The lowest BCUT2D eigenvalue weighted by molar-refractivity contribution is -0.116. The third-order valence-corrected chi connectivity index (χ3v) is 2.66. The van der Waals surface area contributed by atoms with E-state index in [1.807, 2.05) is 7.05 Å². The molecule has 1 rings (SSSR count). The smallest absolute Gasteiger partial charge is 0.250 e. The molecule has 0 aliphatic rings. The van der Waals surface area contributed by atoms with Crippen LogP contribution in [0.3, 0.4) is 0 Å². The number of halogens is 2. The Morgan fingerprint density at radius 3 is 2.58 bits per heavy atom. The van der Waals surface area contributed by atoms with Crippen molar-refractivity contribution in [2.24, 2.45) is 5.73 Å². The van der Waals surface area contributed by atoms with E-state index in [1.165, 1.54) is 12.1 Å². The summed E-state index contributed by atoms with van der Waals surface area (Å²) in [6.07, 6.45) is 1.19. The van der Waals surface area contributed by atoms with Crippen molar-refractivity contribution in [2.75, 3.05) is 18.9 Å². The molecule has 1 aromatic carbocycles. The molecule has 2 amide bonds. The lowest BCUT2D eigenvalue weighted by Crippen LogP contribution is -2.16. The molecule has 0 unspecified atom stereocenters. The Hall–Kier alpha value is -1.30. The van der Waals surface area contributed by atoms with Crippen molar-refractivity contribution in [2.45, 2.75) is 12.8 Å². The highest BCUT2D eigenvalue weighted by Crippen LogP contribution is 2.20. The van der Waals surface area contributed by atoms with E-state index >= 15 is 0 Å². The van der Waals surface area contributed by atoms with Crippen LogP contribution in [0.4, 0.5) is 5.69 Å². The summed E-state index contributed by atoms with van der Waals surface area (Å²) in [5.74, 6) is -0.681. The van der Waals surface area contributed by atoms with Crippen LogP contribution >= 0.6 is 24.0 Å². The number of primary amides is 1. The summed E-state index contributed by atoms with van der Waals surface area (Å²) in [4.78, 5) is 22.5. The van der Waals surface area contributed by atoms with Gasteiger partial charge in [-0.3, -0.25) is 9.59 Å². The highest BCUT2D eigenvalue weighted by Gasteiger charge is 2.08. The molecule has 0 aliphatic heterocycles. The number of carbonyl (C=O) groups excluding carboxylic acids is 2. The van der Waals surface area contributed by atoms with Gasteiger partial charge >= 0.3 is 0 Å². The first kappa shape index (κ1) is 17.7. The second-order valence-corrected chi connectivity index (χ2v) is 4.22. The first-order valence-electron chi connectivity index (χ1n) is 5.58. The Morgan fingerprint density at radius 2 is 2.05 bits per heavy atom. The number of carbonyl (C=O) groups is 2. The van der Waals surface area contributed by atoms with Crippen molar-refractivity contribution in [3.63, 3.8) is 0 Å². The molecule has 0 aliphatic carbocycles. The second kappa shape index (κ2) is 8.74. The van der Waals surface area contributed by atoms with Gasteiger partial charge in [-0.1, -0.05) is 11.6 Å². The molecule has 0 spiro atoms. The molecule has 7 heteroatoms. The van der Waals surface area contributed by atoms with Gasteiger partial charge in [-0.2, -0.15) is 0 Å². The van der Waals surface area contributed by atoms with E-state index in [0.29, 0.717) is 12.1 Å². The fraction of sp³-hybridized carbons (Fsp3) is 0.333. The SMILES string of the molecule is CNCCCC(=O)Nc1ccc(C(N)=O)c(Cl)c1.Cl.